The van der Waals surface area contributed by atoms with Gasteiger partial charge in [-0.2, -0.15) is 7.05 Å². The maximum Gasteiger partial charge on any atom is 0.115 e. The van der Waals surface area contributed by atoms with Crippen LogP contribution in [0.1, 0.15) is 5.56 Å². The fraction of sp³-hybridized carbons (Fsp3) is 0.250. The SMILES string of the molecule is C[N-]Cc1cccc(O)c1. The molecule has 0 bridgehead atoms. The fourth-order valence-electron chi connectivity index (χ4n) is 0.837. The Morgan fingerprint density at radius 3 is 2.90 bits per heavy atom. The Morgan fingerprint density at radius 2 is 2.30 bits per heavy atom. The second kappa shape index (κ2) is 3.22. The molecule has 0 aliphatic heterocycles. The van der Waals surface area contributed by atoms with E-state index in [9.17, 15) is 0 Å². The third-order valence-corrected chi connectivity index (χ3v) is 1.25. The summed E-state index contributed by atoms with van der Waals surface area (Å²) < 4.78 is 0. The van der Waals surface area contributed by atoms with Gasteiger partial charge in [0.05, 0.1) is 0 Å². The summed E-state index contributed by atoms with van der Waals surface area (Å²) in [6.45, 7) is 0.675. The summed E-state index contributed by atoms with van der Waals surface area (Å²) in [7, 11) is 1.75. The third kappa shape index (κ3) is 1.74. The van der Waals surface area contributed by atoms with Crippen molar-refractivity contribution in [3.63, 3.8) is 0 Å². The highest BCUT2D eigenvalue weighted by Crippen LogP contribution is 2.11. The largest absolute Gasteiger partial charge is 0.661 e. The van der Waals surface area contributed by atoms with Crippen LogP contribution in [0.4, 0.5) is 0 Å². The standard InChI is InChI=1S/C8H10NO/c1-9-6-7-3-2-4-8(10)5-7/h2-5,10H,6H2,1H3/q-1. The van der Waals surface area contributed by atoms with Crippen molar-refractivity contribution >= 4 is 0 Å². The van der Waals surface area contributed by atoms with Crippen LogP contribution >= 0.6 is 0 Å². The van der Waals surface area contributed by atoms with E-state index in [1.54, 1.807) is 19.2 Å². The number of hydrogen-bond donors (Lipinski definition) is 1. The van der Waals surface area contributed by atoms with Gasteiger partial charge in [-0.25, -0.2) is 0 Å². The summed E-state index contributed by atoms with van der Waals surface area (Å²) >= 11 is 0. The molecule has 2 nitrogen and oxygen atoms in total. The van der Waals surface area contributed by atoms with Gasteiger partial charge in [-0.1, -0.05) is 17.7 Å². The number of rotatable bonds is 2. The molecule has 0 aliphatic carbocycles. The van der Waals surface area contributed by atoms with Gasteiger partial charge in [-0.15, -0.1) is 6.54 Å². The van der Waals surface area contributed by atoms with Gasteiger partial charge < -0.3 is 10.4 Å². The first kappa shape index (κ1) is 7.09. The summed E-state index contributed by atoms with van der Waals surface area (Å²) in [5, 5.41) is 12.9. The molecule has 0 radical (unpaired) electrons. The fourth-order valence-corrected chi connectivity index (χ4v) is 0.837. The second-order valence-corrected chi connectivity index (χ2v) is 2.14. The zero-order valence-corrected chi connectivity index (χ0v) is 5.91. The first-order valence-corrected chi connectivity index (χ1v) is 3.16. The lowest BCUT2D eigenvalue weighted by Crippen LogP contribution is -1.79. The minimum Gasteiger partial charge on any atom is -0.661 e. The summed E-state index contributed by atoms with van der Waals surface area (Å²) in [5.41, 5.74) is 1.04. The van der Waals surface area contributed by atoms with Gasteiger partial charge in [-0.05, 0) is 12.1 Å². The number of aromatic hydroxyl groups is 1. The Bertz CT molecular complexity index is 210. The van der Waals surface area contributed by atoms with Crippen molar-refractivity contribution in [3.05, 3.63) is 35.1 Å². The molecule has 1 aromatic carbocycles. The molecule has 0 heterocycles. The van der Waals surface area contributed by atoms with Crippen LogP contribution in [0.5, 0.6) is 5.75 Å². The van der Waals surface area contributed by atoms with Crippen molar-refractivity contribution in [3.8, 4) is 5.75 Å². The Kier molecular flexibility index (Phi) is 2.29. The molecular formula is C8H10NO-. The quantitative estimate of drug-likeness (QED) is 0.662. The lowest BCUT2D eigenvalue weighted by atomic mass is 10.2. The molecule has 10 heavy (non-hydrogen) atoms. The molecular weight excluding hydrogens is 126 g/mol. The molecule has 0 amide bonds. The lowest BCUT2D eigenvalue weighted by Gasteiger charge is -2.10. The van der Waals surface area contributed by atoms with E-state index >= 15 is 0 Å². The van der Waals surface area contributed by atoms with Gasteiger partial charge in [0.15, 0.2) is 0 Å². The van der Waals surface area contributed by atoms with Gasteiger partial charge in [-0.3, -0.25) is 0 Å². The first-order chi connectivity index (χ1) is 4.83. The van der Waals surface area contributed by atoms with Crippen molar-refractivity contribution in [2.24, 2.45) is 0 Å². The van der Waals surface area contributed by atoms with E-state index in [2.05, 4.69) is 5.32 Å². The molecule has 1 aromatic rings. The topological polar surface area (TPSA) is 34.3 Å². The molecule has 0 aliphatic rings. The molecule has 0 fully saturated rings. The maximum atomic E-state index is 9.00. The van der Waals surface area contributed by atoms with Gasteiger partial charge in [0.1, 0.15) is 5.75 Å². The van der Waals surface area contributed by atoms with E-state index in [4.69, 9.17) is 5.11 Å². The van der Waals surface area contributed by atoms with Crippen LogP contribution in [0, 0.1) is 0 Å². The van der Waals surface area contributed by atoms with Gasteiger partial charge in [0.2, 0.25) is 0 Å². The normalized spacial score (nSPS) is 9.70. The summed E-state index contributed by atoms with van der Waals surface area (Å²) in [5.74, 6) is 0.307. The summed E-state index contributed by atoms with van der Waals surface area (Å²) in [4.78, 5) is 0. The van der Waals surface area contributed by atoms with E-state index in [1.807, 2.05) is 12.1 Å². The number of phenolic OH excluding ortho intramolecular Hbond substituents is 1. The molecule has 1 rings (SSSR count). The van der Waals surface area contributed by atoms with Gasteiger partial charge in [0, 0.05) is 0 Å². The van der Waals surface area contributed by atoms with E-state index in [-0.39, 0.29) is 0 Å². The minimum absolute atomic E-state index is 0.307. The number of benzene rings is 1. The van der Waals surface area contributed by atoms with Crippen molar-refractivity contribution in [1.82, 2.24) is 0 Å². The molecule has 0 saturated carbocycles. The molecule has 0 saturated heterocycles. The Hall–Kier alpha value is -1.02. The van der Waals surface area contributed by atoms with Crippen LogP contribution in [0.15, 0.2) is 24.3 Å². The second-order valence-electron chi connectivity index (χ2n) is 2.14. The van der Waals surface area contributed by atoms with E-state index < -0.39 is 0 Å². The molecule has 54 valence electrons. The predicted octanol–water partition coefficient (Wildman–Crippen LogP) is 1.90. The van der Waals surface area contributed by atoms with E-state index in [0.29, 0.717) is 12.3 Å². The van der Waals surface area contributed by atoms with Crippen LogP contribution < -0.4 is 0 Å². The Labute approximate surface area is 60.5 Å². The number of hydrogen-bond acceptors (Lipinski definition) is 1. The highest BCUT2D eigenvalue weighted by Gasteiger charge is 1.86. The highest BCUT2D eigenvalue weighted by atomic mass is 16.3. The Balaban J connectivity index is 2.75. The van der Waals surface area contributed by atoms with Crippen molar-refractivity contribution in [2.75, 3.05) is 7.05 Å². The molecule has 0 atom stereocenters. The van der Waals surface area contributed by atoms with Gasteiger partial charge in [0.25, 0.3) is 0 Å². The summed E-state index contributed by atoms with van der Waals surface area (Å²) in [6, 6.07) is 7.12. The van der Waals surface area contributed by atoms with E-state index in [1.165, 1.54) is 0 Å². The van der Waals surface area contributed by atoms with Gasteiger partial charge >= 0.3 is 0 Å². The summed E-state index contributed by atoms with van der Waals surface area (Å²) in [6.07, 6.45) is 0. The third-order valence-electron chi connectivity index (χ3n) is 1.25. The monoisotopic (exact) mass is 136 g/mol. The maximum absolute atomic E-state index is 9.00. The van der Waals surface area contributed by atoms with E-state index in [0.717, 1.165) is 5.56 Å². The van der Waals surface area contributed by atoms with Crippen molar-refractivity contribution in [2.45, 2.75) is 6.54 Å². The molecule has 2 heteroatoms. The average molecular weight is 136 g/mol. The zero-order valence-electron chi connectivity index (χ0n) is 5.91. The minimum atomic E-state index is 0.307. The molecule has 0 unspecified atom stereocenters. The van der Waals surface area contributed by atoms with Crippen LogP contribution in [0.2, 0.25) is 0 Å². The van der Waals surface area contributed by atoms with Crippen molar-refractivity contribution < 1.29 is 5.11 Å². The zero-order chi connectivity index (χ0) is 7.40. The average Bonchev–Trinajstić information content (AvgIpc) is 1.88. The predicted molar refractivity (Wildman–Crippen MR) is 41.1 cm³/mol. The van der Waals surface area contributed by atoms with Crippen LogP contribution in [-0.4, -0.2) is 12.2 Å². The number of phenols is 1. The molecule has 1 N–H and O–H groups in total. The highest BCUT2D eigenvalue weighted by molar-refractivity contribution is 5.27. The van der Waals surface area contributed by atoms with Crippen LogP contribution in [-0.2, 0) is 6.54 Å². The van der Waals surface area contributed by atoms with Crippen molar-refractivity contribution in [1.29, 1.82) is 0 Å². The van der Waals surface area contributed by atoms with Crippen LogP contribution in [0.3, 0.4) is 0 Å². The lowest BCUT2D eigenvalue weighted by molar-refractivity contribution is 0.474. The Morgan fingerprint density at radius 1 is 1.50 bits per heavy atom. The first-order valence-electron chi connectivity index (χ1n) is 3.16. The van der Waals surface area contributed by atoms with Crippen LogP contribution in [0.25, 0.3) is 5.32 Å². The smallest absolute Gasteiger partial charge is 0.115 e. The number of nitrogens with zero attached hydrogens (tertiary/aromatic N) is 1. The molecule has 0 spiro atoms. The molecule has 0 aromatic heterocycles.